The number of aliphatic hydroxyl groups excluding tert-OH is 1. The lowest BCUT2D eigenvalue weighted by atomic mass is 10.1. The number of carbonyl (C=O) groups excluding carboxylic acids is 1. The van der Waals surface area contributed by atoms with E-state index in [-0.39, 0.29) is 17.6 Å². The van der Waals surface area contributed by atoms with Crippen LogP contribution in [0.5, 0.6) is 5.75 Å². The molecule has 156 valence electrons. The number of aromatic nitrogens is 1. The van der Waals surface area contributed by atoms with Gasteiger partial charge in [0.2, 0.25) is 0 Å². The molecule has 1 aliphatic rings. The molecule has 1 aromatic heterocycles. The lowest BCUT2D eigenvalue weighted by Crippen LogP contribution is -2.53. The number of hydrogen-bond donors (Lipinski definition) is 4. The molecule has 1 amide bonds. The van der Waals surface area contributed by atoms with E-state index in [2.05, 4.69) is 10.6 Å². The first-order valence-corrected chi connectivity index (χ1v) is 9.34. The highest BCUT2D eigenvalue weighted by Crippen LogP contribution is 2.14. The van der Waals surface area contributed by atoms with Gasteiger partial charge in [-0.25, -0.2) is 0 Å². The molecule has 0 aliphatic carbocycles. The van der Waals surface area contributed by atoms with E-state index in [0.717, 1.165) is 11.3 Å². The van der Waals surface area contributed by atoms with Gasteiger partial charge in [-0.05, 0) is 37.6 Å². The third-order valence-corrected chi connectivity index (χ3v) is 4.47. The zero-order chi connectivity index (χ0) is 21.8. The van der Waals surface area contributed by atoms with Gasteiger partial charge < -0.3 is 30.2 Å². The Balaban J connectivity index is 1.91. The number of nitrogens with one attached hydrogen (secondary N) is 2. The highest BCUT2D eigenvalue weighted by atomic mass is 16.5. The van der Waals surface area contributed by atoms with Crippen molar-refractivity contribution in [2.75, 3.05) is 6.54 Å². The maximum atomic E-state index is 12.2. The molecule has 3 rings (SSSR count). The van der Waals surface area contributed by atoms with Gasteiger partial charge >= 0.3 is 5.97 Å². The molecule has 1 aromatic carbocycles. The van der Waals surface area contributed by atoms with E-state index < -0.39 is 24.5 Å². The molecule has 1 unspecified atom stereocenters. The van der Waals surface area contributed by atoms with Crippen LogP contribution in [0.25, 0.3) is 11.5 Å². The Morgan fingerprint density at radius 1 is 1.30 bits per heavy atom. The minimum Gasteiger partial charge on any atom is -0.509 e. The Kier molecular flexibility index (Phi) is 5.97. The molecule has 0 bridgehead atoms. The van der Waals surface area contributed by atoms with Gasteiger partial charge in [-0.3, -0.25) is 9.59 Å². The van der Waals surface area contributed by atoms with Crippen molar-refractivity contribution in [3.05, 3.63) is 52.7 Å². The SMILES string of the molecule is CC(C)Oc1ccc(Cn2ccc3c2=C(C#N)NC(C(=O)NCC(=O)O)C=3O)cc1. The molecule has 9 nitrogen and oxygen atoms in total. The van der Waals surface area contributed by atoms with Crippen molar-refractivity contribution in [3.8, 4) is 11.8 Å². The molecule has 1 atom stereocenters. The Labute approximate surface area is 172 Å². The summed E-state index contributed by atoms with van der Waals surface area (Å²) in [5, 5.41) is 34.6. The van der Waals surface area contributed by atoms with E-state index in [0.29, 0.717) is 17.1 Å². The van der Waals surface area contributed by atoms with Gasteiger partial charge in [-0.2, -0.15) is 5.26 Å². The predicted octanol–water partition coefficient (Wildman–Crippen LogP) is -0.206. The number of amides is 1. The summed E-state index contributed by atoms with van der Waals surface area (Å²) in [6.45, 7) is 3.75. The number of nitriles is 1. The van der Waals surface area contributed by atoms with Crippen molar-refractivity contribution in [1.29, 1.82) is 5.26 Å². The second-order valence-corrected chi connectivity index (χ2v) is 7.08. The molecule has 0 fully saturated rings. The molecule has 0 spiro atoms. The zero-order valence-corrected chi connectivity index (χ0v) is 16.5. The Morgan fingerprint density at radius 3 is 2.60 bits per heavy atom. The number of carbonyl (C=O) groups is 2. The maximum absolute atomic E-state index is 12.2. The minimum absolute atomic E-state index is 0.0744. The summed E-state index contributed by atoms with van der Waals surface area (Å²) >= 11 is 0. The van der Waals surface area contributed by atoms with Crippen LogP contribution in [0.15, 0.2) is 36.5 Å². The smallest absolute Gasteiger partial charge is 0.322 e. The van der Waals surface area contributed by atoms with Gasteiger partial charge in [-0.15, -0.1) is 0 Å². The molecule has 0 saturated heterocycles. The molecule has 2 heterocycles. The fourth-order valence-electron chi connectivity index (χ4n) is 3.21. The maximum Gasteiger partial charge on any atom is 0.322 e. The number of rotatable bonds is 7. The summed E-state index contributed by atoms with van der Waals surface area (Å²) in [5.41, 5.74) is 1.07. The summed E-state index contributed by atoms with van der Waals surface area (Å²) in [7, 11) is 0. The number of carboxylic acid groups (broad SMARTS) is 1. The third kappa shape index (κ3) is 4.38. The van der Waals surface area contributed by atoms with E-state index >= 15 is 0 Å². The first-order chi connectivity index (χ1) is 14.3. The van der Waals surface area contributed by atoms with Crippen molar-refractivity contribution >= 4 is 23.3 Å². The number of hydrogen-bond acceptors (Lipinski definition) is 6. The first kappa shape index (κ1) is 20.8. The summed E-state index contributed by atoms with van der Waals surface area (Å²) in [5.74, 6) is -1.46. The molecule has 4 N–H and O–H groups in total. The van der Waals surface area contributed by atoms with Crippen LogP contribution in [0.4, 0.5) is 0 Å². The van der Waals surface area contributed by atoms with Crippen molar-refractivity contribution in [2.24, 2.45) is 0 Å². The van der Waals surface area contributed by atoms with E-state index in [1.165, 1.54) is 0 Å². The fourth-order valence-corrected chi connectivity index (χ4v) is 3.21. The molecular weight excluding hydrogens is 388 g/mol. The average molecular weight is 410 g/mol. The number of ether oxygens (including phenoxy) is 1. The highest BCUT2D eigenvalue weighted by Gasteiger charge is 2.29. The van der Waals surface area contributed by atoms with Gasteiger partial charge in [0.05, 0.1) is 11.5 Å². The van der Waals surface area contributed by atoms with E-state index in [4.69, 9.17) is 9.84 Å². The summed E-state index contributed by atoms with van der Waals surface area (Å²) in [4.78, 5) is 22.9. The molecular formula is C21H22N4O5. The lowest BCUT2D eigenvalue weighted by Gasteiger charge is -2.21. The van der Waals surface area contributed by atoms with Gasteiger partial charge in [-0.1, -0.05) is 12.1 Å². The zero-order valence-electron chi connectivity index (χ0n) is 16.5. The van der Waals surface area contributed by atoms with Crippen LogP contribution >= 0.6 is 0 Å². The van der Waals surface area contributed by atoms with Crippen molar-refractivity contribution in [2.45, 2.75) is 32.5 Å². The fraction of sp³-hybridized carbons (Fsp3) is 0.286. The summed E-state index contributed by atoms with van der Waals surface area (Å²) < 4.78 is 7.43. The van der Waals surface area contributed by atoms with E-state index in [1.807, 2.05) is 44.2 Å². The number of fused-ring (bicyclic) bond motifs is 1. The lowest BCUT2D eigenvalue weighted by molar-refractivity contribution is -0.138. The topological polar surface area (TPSA) is 137 Å². The van der Waals surface area contributed by atoms with Crippen molar-refractivity contribution < 1.29 is 24.5 Å². The first-order valence-electron chi connectivity index (χ1n) is 9.34. The van der Waals surface area contributed by atoms with Crippen LogP contribution in [0.1, 0.15) is 19.4 Å². The number of aliphatic carboxylic acids is 1. The predicted molar refractivity (Wildman–Crippen MR) is 108 cm³/mol. The molecule has 2 aromatic rings. The molecule has 1 aliphatic heterocycles. The highest BCUT2D eigenvalue weighted by molar-refractivity contribution is 5.94. The van der Waals surface area contributed by atoms with Crippen LogP contribution in [-0.2, 0) is 16.1 Å². The Hall–Kier alpha value is -3.93. The van der Waals surface area contributed by atoms with Crippen molar-refractivity contribution in [1.82, 2.24) is 15.2 Å². The molecule has 9 heteroatoms. The van der Waals surface area contributed by atoms with Crippen molar-refractivity contribution in [3.63, 3.8) is 0 Å². The van der Waals surface area contributed by atoms with Crippen LogP contribution in [0.3, 0.4) is 0 Å². The second-order valence-electron chi connectivity index (χ2n) is 7.08. The Morgan fingerprint density at radius 2 is 2.00 bits per heavy atom. The quantitative estimate of drug-likeness (QED) is 0.496. The van der Waals surface area contributed by atoms with Crippen LogP contribution in [0, 0.1) is 11.3 Å². The van der Waals surface area contributed by atoms with Crippen LogP contribution in [-0.4, -0.2) is 45.3 Å². The summed E-state index contributed by atoms with van der Waals surface area (Å²) in [6, 6.07) is 9.96. The minimum atomic E-state index is -1.24. The van der Waals surface area contributed by atoms with E-state index in [1.54, 1.807) is 16.8 Å². The normalized spacial score (nSPS) is 15.2. The van der Waals surface area contributed by atoms with Crippen LogP contribution < -0.4 is 25.9 Å². The van der Waals surface area contributed by atoms with E-state index in [9.17, 15) is 20.0 Å². The number of benzene rings is 1. The largest absolute Gasteiger partial charge is 0.509 e. The second kappa shape index (κ2) is 8.61. The summed E-state index contributed by atoms with van der Waals surface area (Å²) in [6.07, 6.45) is 1.79. The molecule has 0 saturated carbocycles. The van der Waals surface area contributed by atoms with Gasteiger partial charge in [0.25, 0.3) is 5.91 Å². The number of nitrogens with zero attached hydrogens (tertiary/aromatic N) is 2. The number of carboxylic acids is 1. The molecule has 0 radical (unpaired) electrons. The number of aliphatic hydroxyl groups is 1. The standard InChI is InChI=1S/C21H22N4O5/c1-12(2)30-14-5-3-13(4-6-14)11-25-8-7-15-19(25)16(9-22)24-18(20(15)28)21(29)23-10-17(26)27/h3-8,12,18,24,28H,10-11H2,1-2H3,(H,23,29)(H,26,27). The van der Waals surface area contributed by atoms with Gasteiger partial charge in [0, 0.05) is 18.0 Å². The third-order valence-electron chi connectivity index (χ3n) is 4.47. The monoisotopic (exact) mass is 410 g/mol. The van der Waals surface area contributed by atoms with Gasteiger partial charge in [0.1, 0.15) is 29.8 Å². The Bertz CT molecular complexity index is 1130. The average Bonchev–Trinajstić information content (AvgIpc) is 3.12. The molecule has 30 heavy (non-hydrogen) atoms. The van der Waals surface area contributed by atoms with Crippen LogP contribution in [0.2, 0.25) is 0 Å². The van der Waals surface area contributed by atoms with Gasteiger partial charge in [0.15, 0.2) is 6.04 Å².